The fourth-order valence-electron chi connectivity index (χ4n) is 2.37. The first-order valence-corrected chi connectivity index (χ1v) is 9.02. The van der Waals surface area contributed by atoms with E-state index in [4.69, 9.17) is 0 Å². The molecule has 28 heavy (non-hydrogen) atoms. The molecule has 3 aromatic rings. The lowest BCUT2D eigenvalue weighted by Crippen LogP contribution is -2.16. The van der Waals surface area contributed by atoms with Crippen molar-refractivity contribution in [3.05, 3.63) is 54.7 Å². The van der Waals surface area contributed by atoms with Gasteiger partial charge >= 0.3 is 6.18 Å². The Balaban J connectivity index is 2.03. The van der Waals surface area contributed by atoms with E-state index in [0.29, 0.717) is 17.5 Å². The van der Waals surface area contributed by atoms with Crippen LogP contribution in [-0.4, -0.2) is 38.8 Å². The largest absolute Gasteiger partial charge is 0.433 e. The van der Waals surface area contributed by atoms with Gasteiger partial charge in [-0.25, -0.2) is 9.97 Å². The number of alkyl halides is 3. The van der Waals surface area contributed by atoms with E-state index in [1.165, 1.54) is 4.90 Å². The van der Waals surface area contributed by atoms with E-state index >= 15 is 0 Å². The first kappa shape index (κ1) is 19.9. The second kappa shape index (κ2) is 8.01. The average Bonchev–Trinajstić information content (AvgIpc) is 3.04. The molecular formula is C18H17F3N6S. The van der Waals surface area contributed by atoms with E-state index in [9.17, 15) is 13.2 Å². The number of anilines is 1. The molecule has 146 valence electrons. The van der Waals surface area contributed by atoms with Gasteiger partial charge in [-0.3, -0.25) is 4.57 Å². The van der Waals surface area contributed by atoms with Crippen LogP contribution in [0.3, 0.4) is 0 Å². The van der Waals surface area contributed by atoms with Gasteiger partial charge in [-0.2, -0.15) is 13.2 Å². The topological polar surface area (TPSA) is 59.7 Å². The zero-order valence-electron chi connectivity index (χ0n) is 15.2. The summed E-state index contributed by atoms with van der Waals surface area (Å²) in [6, 6.07) is 10.3. The number of hydrogen-bond acceptors (Lipinski definition) is 6. The Morgan fingerprint density at radius 1 is 1.14 bits per heavy atom. The summed E-state index contributed by atoms with van der Waals surface area (Å²) in [5.41, 5.74) is -0.172. The smallest absolute Gasteiger partial charge is 0.363 e. The van der Waals surface area contributed by atoms with E-state index in [1.807, 2.05) is 30.3 Å². The van der Waals surface area contributed by atoms with Crippen LogP contribution in [0.1, 0.15) is 5.69 Å². The van der Waals surface area contributed by atoms with Gasteiger partial charge in [-0.05, 0) is 11.8 Å². The average molecular weight is 406 g/mol. The zero-order valence-corrected chi connectivity index (χ0v) is 16.0. The van der Waals surface area contributed by atoms with Gasteiger partial charge in [0.05, 0.1) is 0 Å². The van der Waals surface area contributed by atoms with Crippen molar-refractivity contribution in [1.29, 1.82) is 0 Å². The van der Waals surface area contributed by atoms with Crippen LogP contribution in [0.2, 0.25) is 0 Å². The van der Waals surface area contributed by atoms with Gasteiger partial charge in [0.1, 0.15) is 5.82 Å². The maximum atomic E-state index is 13.2. The van der Waals surface area contributed by atoms with Gasteiger partial charge in [0, 0.05) is 32.3 Å². The van der Waals surface area contributed by atoms with Gasteiger partial charge in [0.2, 0.25) is 0 Å². The highest BCUT2D eigenvalue weighted by Crippen LogP contribution is 2.33. The normalized spacial score (nSPS) is 11.5. The molecule has 0 atom stereocenters. The molecule has 10 heteroatoms. The molecule has 0 bridgehead atoms. The third kappa shape index (κ3) is 4.33. The van der Waals surface area contributed by atoms with Crippen LogP contribution < -0.4 is 4.90 Å². The Hall–Kier alpha value is -2.88. The first-order valence-electron chi connectivity index (χ1n) is 8.20. The molecule has 6 nitrogen and oxygen atoms in total. The van der Waals surface area contributed by atoms with Crippen molar-refractivity contribution >= 4 is 17.6 Å². The van der Waals surface area contributed by atoms with Crippen LogP contribution in [0.5, 0.6) is 0 Å². The van der Waals surface area contributed by atoms with Gasteiger partial charge in [0.25, 0.3) is 0 Å². The molecule has 1 aromatic carbocycles. The van der Waals surface area contributed by atoms with Crippen molar-refractivity contribution in [2.75, 3.05) is 19.0 Å². The van der Waals surface area contributed by atoms with E-state index in [2.05, 4.69) is 26.7 Å². The van der Waals surface area contributed by atoms with Crippen LogP contribution >= 0.6 is 11.8 Å². The predicted molar refractivity (Wildman–Crippen MR) is 101 cm³/mol. The summed E-state index contributed by atoms with van der Waals surface area (Å²) < 4.78 is 41.4. The lowest BCUT2D eigenvalue weighted by atomic mass is 10.2. The molecule has 3 rings (SSSR count). The molecule has 0 N–H and O–H groups in total. The quantitative estimate of drug-likeness (QED) is 0.453. The molecule has 0 saturated carbocycles. The lowest BCUT2D eigenvalue weighted by Gasteiger charge is -2.15. The van der Waals surface area contributed by atoms with Gasteiger partial charge in [-0.1, -0.05) is 36.4 Å². The second-order valence-corrected chi connectivity index (χ2v) is 6.89. The third-order valence-electron chi connectivity index (χ3n) is 3.68. The molecule has 0 spiro atoms. The Bertz CT molecular complexity index is 969. The Morgan fingerprint density at radius 2 is 1.86 bits per heavy atom. The fraction of sp³-hybridized carbons (Fsp3) is 0.222. The fourth-order valence-corrected chi connectivity index (χ4v) is 3.17. The van der Waals surface area contributed by atoms with Crippen LogP contribution in [0.4, 0.5) is 19.0 Å². The molecule has 0 aliphatic carbocycles. The minimum atomic E-state index is -4.58. The van der Waals surface area contributed by atoms with Gasteiger partial charge in [-0.15, -0.1) is 16.8 Å². The maximum absolute atomic E-state index is 13.2. The molecule has 2 aromatic heterocycles. The molecule has 0 radical (unpaired) electrons. The summed E-state index contributed by atoms with van der Waals surface area (Å²) in [6.45, 7) is 4.12. The van der Waals surface area contributed by atoms with E-state index < -0.39 is 11.9 Å². The minimum Gasteiger partial charge on any atom is -0.363 e. The number of rotatable bonds is 6. The summed E-state index contributed by atoms with van der Waals surface area (Å²) in [5, 5.41) is 8.63. The van der Waals surface area contributed by atoms with Crippen LogP contribution in [0, 0.1) is 0 Å². The van der Waals surface area contributed by atoms with Crippen LogP contribution in [0.25, 0.3) is 11.4 Å². The number of hydrogen-bond donors (Lipinski definition) is 0. The standard InChI is InChI=1S/C18H17F3N6S/c1-4-10-27-15(12-8-6-5-7-9-12)24-25-17(27)28-16-22-13(18(19,20)21)11-14(23-16)26(2)3/h4-9,11H,1,10H2,2-3H3. The summed E-state index contributed by atoms with van der Waals surface area (Å²) in [6.07, 6.45) is -2.91. The van der Waals surface area contributed by atoms with Crippen molar-refractivity contribution in [3.8, 4) is 11.4 Å². The molecular weight excluding hydrogens is 389 g/mol. The number of nitrogens with zero attached hydrogens (tertiary/aromatic N) is 6. The Morgan fingerprint density at radius 3 is 2.46 bits per heavy atom. The van der Waals surface area contributed by atoms with Gasteiger partial charge < -0.3 is 4.90 Å². The third-order valence-corrected chi connectivity index (χ3v) is 4.53. The molecule has 0 unspecified atom stereocenters. The lowest BCUT2D eigenvalue weighted by molar-refractivity contribution is -0.141. The summed E-state index contributed by atoms with van der Waals surface area (Å²) in [7, 11) is 3.23. The maximum Gasteiger partial charge on any atom is 0.433 e. The van der Waals surface area contributed by atoms with Crippen molar-refractivity contribution in [3.63, 3.8) is 0 Å². The molecule has 0 aliphatic rings. The number of halogens is 3. The molecule has 0 fully saturated rings. The van der Waals surface area contributed by atoms with E-state index in [1.54, 1.807) is 24.7 Å². The highest BCUT2D eigenvalue weighted by Gasteiger charge is 2.34. The molecule has 0 aliphatic heterocycles. The zero-order chi connectivity index (χ0) is 20.3. The van der Waals surface area contributed by atoms with Crippen molar-refractivity contribution in [2.24, 2.45) is 0 Å². The number of allylic oxidation sites excluding steroid dienone is 1. The Labute approximate surface area is 164 Å². The van der Waals surface area contributed by atoms with E-state index in [-0.39, 0.29) is 11.0 Å². The predicted octanol–water partition coefficient (Wildman–Crippen LogP) is 4.16. The first-order chi connectivity index (χ1) is 13.3. The van der Waals surface area contributed by atoms with Crippen molar-refractivity contribution in [1.82, 2.24) is 24.7 Å². The summed E-state index contributed by atoms with van der Waals surface area (Å²) in [4.78, 5) is 9.35. The van der Waals surface area contributed by atoms with Crippen molar-refractivity contribution in [2.45, 2.75) is 23.0 Å². The number of benzene rings is 1. The van der Waals surface area contributed by atoms with Gasteiger partial charge in [0.15, 0.2) is 21.8 Å². The monoisotopic (exact) mass is 406 g/mol. The second-order valence-electron chi connectivity index (χ2n) is 5.96. The summed E-state index contributed by atoms with van der Waals surface area (Å²) in [5.74, 6) is 0.741. The minimum absolute atomic E-state index is 0.0594. The molecule has 0 amide bonds. The van der Waals surface area contributed by atoms with Crippen LogP contribution in [0.15, 0.2) is 59.4 Å². The highest BCUT2D eigenvalue weighted by atomic mass is 32.2. The Kier molecular flexibility index (Phi) is 5.68. The molecule has 0 saturated heterocycles. The van der Waals surface area contributed by atoms with Crippen LogP contribution in [-0.2, 0) is 12.7 Å². The SMILES string of the molecule is C=CCn1c(Sc2nc(N(C)C)cc(C(F)(F)F)n2)nnc1-c1ccccc1. The highest BCUT2D eigenvalue weighted by molar-refractivity contribution is 7.99. The molecule has 2 heterocycles. The number of aromatic nitrogens is 5. The summed E-state index contributed by atoms with van der Waals surface area (Å²) >= 11 is 0.924. The van der Waals surface area contributed by atoms with E-state index in [0.717, 1.165) is 23.4 Å². The van der Waals surface area contributed by atoms with Crippen molar-refractivity contribution < 1.29 is 13.2 Å².